The normalized spacial score (nSPS) is 10.3. The second-order valence-corrected chi connectivity index (χ2v) is 1.37. The lowest BCUT2D eigenvalue weighted by Gasteiger charge is -1.94. The SMILES string of the molecule is Cn1nn[nH+]n1.F[B-](F)(F)F. The van der Waals surface area contributed by atoms with Crippen molar-refractivity contribution in [3.63, 3.8) is 0 Å². The van der Waals surface area contributed by atoms with E-state index >= 15 is 0 Å². The van der Waals surface area contributed by atoms with Crippen molar-refractivity contribution in [2.75, 3.05) is 0 Å². The molecule has 0 aliphatic carbocycles. The summed E-state index contributed by atoms with van der Waals surface area (Å²) >= 11 is 0. The van der Waals surface area contributed by atoms with Gasteiger partial charge in [0, 0.05) is 4.80 Å². The maximum Gasteiger partial charge on any atom is 0.673 e. The van der Waals surface area contributed by atoms with Gasteiger partial charge in [0.05, 0.1) is 5.21 Å². The lowest BCUT2D eigenvalue weighted by atomic mass is 10.3. The Morgan fingerprint density at radius 1 is 1.27 bits per heavy atom. The highest BCUT2D eigenvalue weighted by Gasteiger charge is 2.20. The van der Waals surface area contributed by atoms with Crippen LogP contribution in [0.15, 0.2) is 0 Å². The lowest BCUT2D eigenvalue weighted by Crippen LogP contribution is -2.06. The number of rotatable bonds is 0. The minimum Gasteiger partial charge on any atom is -0.418 e. The molecule has 1 aromatic heterocycles. The van der Waals surface area contributed by atoms with Gasteiger partial charge < -0.3 is 17.3 Å². The van der Waals surface area contributed by atoms with Crippen LogP contribution < -0.4 is 5.21 Å². The summed E-state index contributed by atoms with van der Waals surface area (Å²) in [6.07, 6.45) is 0. The zero-order valence-electron chi connectivity index (χ0n) is 5.38. The Morgan fingerprint density at radius 3 is 1.82 bits per heavy atom. The summed E-state index contributed by atoms with van der Waals surface area (Å²) in [6.45, 7) is 0. The zero-order chi connectivity index (χ0) is 8.91. The fourth-order valence-corrected chi connectivity index (χ4v) is 0.189. The molecule has 1 N–H and O–H groups in total. The molecule has 0 amide bonds. The molecule has 0 saturated carbocycles. The van der Waals surface area contributed by atoms with Gasteiger partial charge in [0.2, 0.25) is 0 Å². The maximum atomic E-state index is 9.75. The molecule has 0 unspecified atom stereocenters. The smallest absolute Gasteiger partial charge is 0.418 e. The maximum absolute atomic E-state index is 9.75. The van der Waals surface area contributed by atoms with E-state index in [4.69, 9.17) is 0 Å². The van der Waals surface area contributed by atoms with Gasteiger partial charge in [-0.25, -0.2) is 0 Å². The number of H-pyrrole nitrogens is 1. The summed E-state index contributed by atoms with van der Waals surface area (Å²) in [6, 6.07) is 0. The molecular formula is CH4BF4N5. The molecule has 0 radical (unpaired) electrons. The lowest BCUT2D eigenvalue weighted by molar-refractivity contribution is -0.527. The predicted molar refractivity (Wildman–Crippen MR) is 25.5 cm³/mol. The van der Waals surface area contributed by atoms with E-state index in [0.717, 1.165) is 0 Å². The van der Waals surface area contributed by atoms with E-state index in [9.17, 15) is 17.3 Å². The molecule has 0 spiro atoms. The summed E-state index contributed by atoms with van der Waals surface area (Å²) in [5.41, 5.74) is 0. The number of hydrogen-bond donors (Lipinski definition) is 0. The van der Waals surface area contributed by atoms with Crippen molar-refractivity contribution in [3.8, 4) is 0 Å². The number of nitrogens with zero attached hydrogens (tertiary/aromatic N) is 4. The van der Waals surface area contributed by atoms with E-state index in [1.807, 2.05) is 0 Å². The number of halogens is 4. The van der Waals surface area contributed by atoms with E-state index < -0.39 is 7.25 Å². The van der Waals surface area contributed by atoms with E-state index in [1.165, 1.54) is 4.80 Å². The molecule has 5 nitrogen and oxygen atoms in total. The van der Waals surface area contributed by atoms with E-state index in [-0.39, 0.29) is 0 Å². The van der Waals surface area contributed by atoms with E-state index in [0.29, 0.717) is 0 Å². The summed E-state index contributed by atoms with van der Waals surface area (Å²) in [5.74, 6) is 0. The van der Waals surface area contributed by atoms with Crippen molar-refractivity contribution in [2.45, 2.75) is 0 Å². The third-order valence-electron chi connectivity index (χ3n) is 0.408. The molecule has 1 rings (SSSR count). The van der Waals surface area contributed by atoms with Crippen LogP contribution in [0.1, 0.15) is 0 Å². The summed E-state index contributed by atoms with van der Waals surface area (Å²) in [4.78, 5) is 1.33. The van der Waals surface area contributed by atoms with Gasteiger partial charge >= 0.3 is 7.25 Å². The fourth-order valence-electron chi connectivity index (χ4n) is 0.189. The van der Waals surface area contributed by atoms with Crippen molar-refractivity contribution >= 4 is 7.25 Å². The largest absolute Gasteiger partial charge is 0.673 e. The standard InChI is InChI=1S/CH3N5.BF4/c1-6-4-2-3-5-6;2-1(3,4)5/h1H3;/q;-1/p+1. The highest BCUT2D eigenvalue weighted by Crippen LogP contribution is 2.06. The van der Waals surface area contributed by atoms with Crippen LogP contribution in [0.4, 0.5) is 17.3 Å². The average Bonchev–Trinajstić information content (AvgIpc) is 2.12. The van der Waals surface area contributed by atoms with Crippen LogP contribution in [0.2, 0.25) is 0 Å². The van der Waals surface area contributed by atoms with Crippen LogP contribution in [0.5, 0.6) is 0 Å². The number of aryl methyl sites for hydroxylation is 1. The van der Waals surface area contributed by atoms with E-state index in [2.05, 4.69) is 20.9 Å². The van der Waals surface area contributed by atoms with Crippen molar-refractivity contribution in [2.24, 2.45) is 7.05 Å². The molecule has 0 fully saturated rings. The second kappa shape index (κ2) is 3.83. The molecule has 1 heterocycles. The minimum absolute atomic E-state index is 1.33. The number of aromatic amines is 1. The monoisotopic (exact) mass is 173 g/mol. The first-order chi connectivity index (χ1) is 4.89. The third-order valence-corrected chi connectivity index (χ3v) is 0.408. The van der Waals surface area contributed by atoms with Gasteiger partial charge in [-0.15, -0.1) is 0 Å². The number of nitrogens with one attached hydrogen (secondary N) is 1. The first-order valence-corrected chi connectivity index (χ1v) is 2.37. The predicted octanol–water partition coefficient (Wildman–Crippen LogP) is -0.676. The zero-order valence-corrected chi connectivity index (χ0v) is 5.38. The summed E-state index contributed by atoms with van der Waals surface area (Å²) < 4.78 is 39.0. The molecular weight excluding hydrogens is 169 g/mol. The second-order valence-electron chi connectivity index (χ2n) is 1.37. The van der Waals surface area contributed by atoms with Gasteiger partial charge in [-0.3, -0.25) is 0 Å². The molecule has 0 saturated heterocycles. The quantitative estimate of drug-likeness (QED) is 0.385. The van der Waals surface area contributed by atoms with Gasteiger partial charge in [-0.2, -0.15) is 0 Å². The molecule has 10 heteroatoms. The molecule has 0 aliphatic rings. The third kappa shape index (κ3) is 12.1. The fraction of sp³-hybridized carbons (Fsp3) is 1.00. The Bertz CT molecular complexity index is 175. The Morgan fingerprint density at radius 2 is 1.73 bits per heavy atom. The van der Waals surface area contributed by atoms with Gasteiger partial charge in [0.15, 0.2) is 5.21 Å². The van der Waals surface area contributed by atoms with Crippen LogP contribution in [-0.4, -0.2) is 27.7 Å². The summed E-state index contributed by atoms with van der Waals surface area (Å²) in [5, 5.41) is 12.5. The van der Waals surface area contributed by atoms with Crippen LogP contribution in [0.3, 0.4) is 0 Å². The topological polar surface area (TPSA) is 57.7 Å². The highest BCUT2D eigenvalue weighted by molar-refractivity contribution is 6.50. The van der Waals surface area contributed by atoms with Gasteiger partial charge in [-0.05, 0) is 0 Å². The van der Waals surface area contributed by atoms with Crippen LogP contribution >= 0.6 is 0 Å². The number of hydrogen-bond acceptors (Lipinski definition) is 3. The molecule has 11 heavy (non-hydrogen) atoms. The van der Waals surface area contributed by atoms with Crippen molar-refractivity contribution in [1.29, 1.82) is 0 Å². The minimum atomic E-state index is -6.00. The Labute approximate surface area is 58.5 Å². The van der Waals surface area contributed by atoms with Crippen molar-refractivity contribution in [1.82, 2.24) is 20.4 Å². The van der Waals surface area contributed by atoms with Crippen molar-refractivity contribution < 1.29 is 22.5 Å². The Kier molecular flexibility index (Phi) is 3.41. The van der Waals surface area contributed by atoms with Gasteiger partial charge in [-0.1, -0.05) is 5.21 Å². The van der Waals surface area contributed by atoms with Crippen molar-refractivity contribution in [3.05, 3.63) is 0 Å². The Hall–Kier alpha value is -1.22. The molecule has 0 aromatic carbocycles. The van der Waals surface area contributed by atoms with Gasteiger partial charge in [0.25, 0.3) is 0 Å². The summed E-state index contributed by atoms with van der Waals surface area (Å²) in [7, 11) is -4.32. The first kappa shape index (κ1) is 9.78. The Balaban J connectivity index is 0.000000187. The first-order valence-electron chi connectivity index (χ1n) is 2.37. The van der Waals surface area contributed by atoms with Gasteiger partial charge in [0.1, 0.15) is 12.3 Å². The molecule has 0 aliphatic heterocycles. The molecule has 0 bridgehead atoms. The number of aromatic nitrogens is 5. The van der Waals surface area contributed by atoms with Crippen LogP contribution in [-0.2, 0) is 7.05 Å². The molecule has 1 aromatic rings. The van der Waals surface area contributed by atoms with Crippen LogP contribution in [0.25, 0.3) is 0 Å². The highest BCUT2D eigenvalue weighted by atomic mass is 19.5. The average molecular weight is 173 g/mol. The van der Waals surface area contributed by atoms with Crippen LogP contribution in [0, 0.1) is 0 Å². The molecule has 0 atom stereocenters. The molecule has 64 valence electrons. The van der Waals surface area contributed by atoms with E-state index in [1.54, 1.807) is 7.05 Å².